The zero-order valence-corrected chi connectivity index (χ0v) is 11.3. The Kier molecular flexibility index (Phi) is 4.37. The standard InChI is InChI=1S/C14H16BrNO/c15-12-6-8-13(9-7-12)16-10-11-4-2-1-3-5-14(11)17/h6-10,16H,1-5H2/b11-10+. The average molecular weight is 294 g/mol. The molecule has 1 aliphatic rings. The van der Waals surface area contributed by atoms with E-state index in [4.69, 9.17) is 0 Å². The molecule has 0 amide bonds. The molecule has 3 heteroatoms. The number of ketones is 1. The minimum absolute atomic E-state index is 0.298. The molecule has 2 rings (SSSR count). The Labute approximate surface area is 110 Å². The molecule has 0 aliphatic heterocycles. The molecule has 17 heavy (non-hydrogen) atoms. The lowest BCUT2D eigenvalue weighted by molar-refractivity contribution is -0.115. The summed E-state index contributed by atoms with van der Waals surface area (Å²) in [6.45, 7) is 0. The largest absolute Gasteiger partial charge is 0.361 e. The van der Waals surface area contributed by atoms with Crippen molar-refractivity contribution in [1.82, 2.24) is 0 Å². The van der Waals surface area contributed by atoms with Crippen molar-refractivity contribution >= 4 is 27.4 Å². The second-order valence-corrected chi connectivity index (χ2v) is 5.22. The number of benzene rings is 1. The Balaban J connectivity index is 2.03. The van der Waals surface area contributed by atoms with Crippen LogP contribution in [0.5, 0.6) is 0 Å². The highest BCUT2D eigenvalue weighted by Crippen LogP contribution is 2.20. The molecule has 1 fully saturated rings. The third kappa shape index (κ3) is 3.70. The zero-order valence-electron chi connectivity index (χ0n) is 9.71. The molecule has 0 radical (unpaired) electrons. The molecule has 0 bridgehead atoms. The monoisotopic (exact) mass is 293 g/mol. The Morgan fingerprint density at radius 1 is 1.06 bits per heavy atom. The van der Waals surface area contributed by atoms with Gasteiger partial charge in [-0.25, -0.2) is 0 Å². The van der Waals surface area contributed by atoms with Crippen molar-refractivity contribution in [3.8, 4) is 0 Å². The first-order chi connectivity index (χ1) is 8.25. The maximum absolute atomic E-state index is 11.8. The Morgan fingerprint density at radius 3 is 2.53 bits per heavy atom. The van der Waals surface area contributed by atoms with Crippen LogP contribution in [0.1, 0.15) is 32.1 Å². The first kappa shape index (κ1) is 12.4. The summed E-state index contributed by atoms with van der Waals surface area (Å²) in [6.07, 6.45) is 6.81. The van der Waals surface area contributed by atoms with Gasteiger partial charge in [-0.05, 0) is 43.5 Å². The van der Waals surface area contributed by atoms with Crippen molar-refractivity contribution in [3.63, 3.8) is 0 Å². The Bertz CT molecular complexity index is 422. The molecule has 1 aliphatic carbocycles. The van der Waals surface area contributed by atoms with Crippen LogP contribution in [0.2, 0.25) is 0 Å². The highest BCUT2D eigenvalue weighted by molar-refractivity contribution is 9.10. The maximum atomic E-state index is 11.8. The van der Waals surface area contributed by atoms with E-state index >= 15 is 0 Å². The smallest absolute Gasteiger partial charge is 0.160 e. The number of hydrogen-bond donors (Lipinski definition) is 1. The number of nitrogens with one attached hydrogen (secondary N) is 1. The molecule has 0 atom stereocenters. The van der Waals surface area contributed by atoms with Gasteiger partial charge in [0.05, 0.1) is 0 Å². The summed E-state index contributed by atoms with van der Waals surface area (Å²) in [5, 5.41) is 3.20. The van der Waals surface area contributed by atoms with Crippen molar-refractivity contribution in [2.45, 2.75) is 32.1 Å². The van der Waals surface area contributed by atoms with Gasteiger partial charge < -0.3 is 5.32 Å². The first-order valence-corrected chi connectivity index (χ1v) is 6.79. The Morgan fingerprint density at radius 2 is 1.76 bits per heavy atom. The molecule has 0 unspecified atom stereocenters. The van der Waals surface area contributed by atoms with E-state index in [1.807, 2.05) is 30.5 Å². The topological polar surface area (TPSA) is 29.1 Å². The van der Waals surface area contributed by atoms with Crippen LogP contribution in [-0.2, 0) is 4.79 Å². The van der Waals surface area contributed by atoms with E-state index in [-0.39, 0.29) is 0 Å². The highest BCUT2D eigenvalue weighted by atomic mass is 79.9. The van der Waals surface area contributed by atoms with E-state index in [0.29, 0.717) is 12.2 Å². The molecule has 1 aromatic carbocycles. The molecule has 1 saturated carbocycles. The zero-order chi connectivity index (χ0) is 12.1. The van der Waals surface area contributed by atoms with Gasteiger partial charge in [0.2, 0.25) is 0 Å². The summed E-state index contributed by atoms with van der Waals surface area (Å²) in [5.74, 6) is 0.298. The maximum Gasteiger partial charge on any atom is 0.160 e. The van der Waals surface area contributed by atoms with E-state index in [1.54, 1.807) is 0 Å². The second kappa shape index (κ2) is 6.01. The van der Waals surface area contributed by atoms with Crippen LogP contribution in [0.3, 0.4) is 0 Å². The number of halogens is 1. The van der Waals surface area contributed by atoms with E-state index in [1.165, 1.54) is 6.42 Å². The van der Waals surface area contributed by atoms with Crippen LogP contribution in [0.25, 0.3) is 0 Å². The number of allylic oxidation sites excluding steroid dienone is 1. The van der Waals surface area contributed by atoms with E-state index in [9.17, 15) is 4.79 Å². The molecule has 90 valence electrons. The molecule has 0 aromatic heterocycles. The minimum atomic E-state index is 0.298. The fourth-order valence-corrected chi connectivity index (χ4v) is 2.21. The number of carbonyl (C=O) groups excluding carboxylic acids is 1. The molecule has 0 heterocycles. The van der Waals surface area contributed by atoms with E-state index in [0.717, 1.165) is 35.0 Å². The van der Waals surface area contributed by atoms with Gasteiger partial charge in [0, 0.05) is 28.4 Å². The van der Waals surface area contributed by atoms with Crippen molar-refractivity contribution in [2.75, 3.05) is 5.32 Å². The molecular weight excluding hydrogens is 278 g/mol. The number of rotatable bonds is 2. The van der Waals surface area contributed by atoms with Crippen LogP contribution in [0.4, 0.5) is 5.69 Å². The SMILES string of the molecule is O=C1CCCCC/C1=C\Nc1ccc(Br)cc1. The van der Waals surface area contributed by atoms with Gasteiger partial charge in [0.1, 0.15) is 0 Å². The van der Waals surface area contributed by atoms with Crippen molar-refractivity contribution in [3.05, 3.63) is 40.5 Å². The average Bonchev–Trinajstić information content (AvgIpc) is 2.54. The van der Waals surface area contributed by atoms with Gasteiger partial charge in [-0.2, -0.15) is 0 Å². The van der Waals surface area contributed by atoms with Crippen molar-refractivity contribution in [2.24, 2.45) is 0 Å². The predicted molar refractivity (Wildman–Crippen MR) is 73.9 cm³/mol. The number of anilines is 1. The van der Waals surface area contributed by atoms with Crippen LogP contribution in [-0.4, -0.2) is 5.78 Å². The normalized spacial score (nSPS) is 19.1. The van der Waals surface area contributed by atoms with Gasteiger partial charge in [0.15, 0.2) is 5.78 Å². The summed E-state index contributed by atoms with van der Waals surface area (Å²) >= 11 is 3.40. The fraction of sp³-hybridized carbons (Fsp3) is 0.357. The fourth-order valence-electron chi connectivity index (χ4n) is 1.95. The summed E-state index contributed by atoms with van der Waals surface area (Å²) in [6, 6.07) is 7.94. The van der Waals surface area contributed by atoms with Crippen molar-refractivity contribution in [1.29, 1.82) is 0 Å². The number of carbonyl (C=O) groups is 1. The minimum Gasteiger partial charge on any atom is -0.361 e. The van der Waals surface area contributed by atoms with Gasteiger partial charge >= 0.3 is 0 Å². The summed E-state index contributed by atoms with van der Waals surface area (Å²) in [5.41, 5.74) is 1.95. The third-order valence-electron chi connectivity index (χ3n) is 2.97. The van der Waals surface area contributed by atoms with Gasteiger partial charge in [-0.15, -0.1) is 0 Å². The lowest BCUT2D eigenvalue weighted by Crippen LogP contribution is -2.02. The third-order valence-corrected chi connectivity index (χ3v) is 3.49. The lowest BCUT2D eigenvalue weighted by atomic mass is 10.1. The van der Waals surface area contributed by atoms with Gasteiger partial charge in [-0.3, -0.25) is 4.79 Å². The number of hydrogen-bond acceptors (Lipinski definition) is 2. The van der Waals surface area contributed by atoms with E-state index in [2.05, 4.69) is 21.2 Å². The molecule has 1 N–H and O–H groups in total. The quantitative estimate of drug-likeness (QED) is 0.651. The molecule has 0 spiro atoms. The molecular formula is C14H16BrNO. The molecule has 1 aromatic rings. The molecule has 0 saturated heterocycles. The van der Waals surface area contributed by atoms with Crippen LogP contribution < -0.4 is 5.32 Å². The van der Waals surface area contributed by atoms with E-state index < -0.39 is 0 Å². The molecule has 2 nitrogen and oxygen atoms in total. The number of Topliss-reactive ketones (excluding diaryl/α,β-unsaturated/α-hetero) is 1. The Hall–Kier alpha value is -1.09. The highest BCUT2D eigenvalue weighted by Gasteiger charge is 2.12. The lowest BCUT2D eigenvalue weighted by Gasteiger charge is -2.04. The van der Waals surface area contributed by atoms with Crippen LogP contribution in [0, 0.1) is 0 Å². The predicted octanol–water partition coefficient (Wildman–Crippen LogP) is 4.28. The summed E-state index contributed by atoms with van der Waals surface area (Å²) in [4.78, 5) is 11.8. The van der Waals surface area contributed by atoms with Gasteiger partial charge in [0.25, 0.3) is 0 Å². The van der Waals surface area contributed by atoms with Crippen LogP contribution in [0.15, 0.2) is 40.5 Å². The van der Waals surface area contributed by atoms with Gasteiger partial charge in [-0.1, -0.05) is 22.4 Å². The first-order valence-electron chi connectivity index (χ1n) is 6.00. The second-order valence-electron chi connectivity index (χ2n) is 4.30. The summed E-state index contributed by atoms with van der Waals surface area (Å²) < 4.78 is 1.06. The van der Waals surface area contributed by atoms with Crippen LogP contribution >= 0.6 is 15.9 Å². The summed E-state index contributed by atoms with van der Waals surface area (Å²) in [7, 11) is 0. The van der Waals surface area contributed by atoms with Crippen molar-refractivity contribution < 1.29 is 4.79 Å².